The molecular formula is C24H22N6O3. The molecule has 8 bridgehead atoms. The van der Waals surface area contributed by atoms with Crippen LogP contribution < -0.4 is 27.1 Å². The molecule has 9 nitrogen and oxygen atoms in total. The van der Waals surface area contributed by atoms with E-state index in [1.165, 1.54) is 0 Å². The van der Waals surface area contributed by atoms with Crippen molar-refractivity contribution in [2.45, 2.75) is 24.5 Å². The number of fused-ring (bicyclic) bond motifs is 6. The van der Waals surface area contributed by atoms with Crippen molar-refractivity contribution in [3.63, 3.8) is 0 Å². The Labute approximate surface area is 188 Å². The van der Waals surface area contributed by atoms with Gasteiger partial charge in [-0.05, 0) is 60.7 Å². The average Bonchev–Trinajstić information content (AvgIpc) is 3.53. The number of hydrogen-bond acceptors (Lipinski definition) is 6. The predicted octanol–water partition coefficient (Wildman–Crippen LogP) is -0.130. The fourth-order valence-electron chi connectivity index (χ4n) is 4.11. The number of H-pyrrole nitrogens is 1. The summed E-state index contributed by atoms with van der Waals surface area (Å²) in [6.45, 7) is 0. The second-order valence-corrected chi connectivity index (χ2v) is 8.20. The summed E-state index contributed by atoms with van der Waals surface area (Å²) in [5, 5.41) is 17.9. The van der Waals surface area contributed by atoms with E-state index in [0.717, 1.165) is 33.5 Å². The van der Waals surface area contributed by atoms with Crippen molar-refractivity contribution in [1.82, 2.24) is 15.6 Å². The van der Waals surface area contributed by atoms with Crippen LogP contribution in [-0.4, -0.2) is 45.1 Å². The lowest BCUT2D eigenvalue weighted by atomic mass is 10.0. The van der Waals surface area contributed by atoms with Gasteiger partial charge in [-0.1, -0.05) is 6.08 Å². The maximum atomic E-state index is 11.8. The summed E-state index contributed by atoms with van der Waals surface area (Å²) in [5.74, 6) is -1.86. The summed E-state index contributed by atoms with van der Waals surface area (Å²) in [4.78, 5) is 35.9. The van der Waals surface area contributed by atoms with Crippen LogP contribution in [0.5, 0.6) is 0 Å². The van der Waals surface area contributed by atoms with Crippen LogP contribution in [0.2, 0.25) is 0 Å². The standard InChI is InChI=1S/C24H22N6O3/c25-22(31)12-21(23(32)33)30-24-8-7-19(29-24)11-18-4-3-15(27-18)9-14-1-2-16(26-14)10-17-5-6-20(13-24)28-17/h1-7,9-11,13,21,26,29-30H,8,12H2,(H2,25,31)(H,32,33)/b14-9-,16-10-,18-11-,20-13-/t21-,24?/m0/s1. The number of carbonyl (C=O) groups is 2. The zero-order valence-electron chi connectivity index (χ0n) is 17.6. The summed E-state index contributed by atoms with van der Waals surface area (Å²) in [6.07, 6.45) is 17.3. The summed E-state index contributed by atoms with van der Waals surface area (Å²) < 4.78 is 0. The summed E-state index contributed by atoms with van der Waals surface area (Å²) in [6, 6.07) is 2.78. The van der Waals surface area contributed by atoms with E-state index in [9.17, 15) is 14.7 Å². The molecule has 0 radical (unpaired) electrons. The van der Waals surface area contributed by atoms with Crippen LogP contribution in [0.1, 0.15) is 12.8 Å². The van der Waals surface area contributed by atoms with Crippen LogP contribution >= 0.6 is 0 Å². The van der Waals surface area contributed by atoms with E-state index in [1.807, 2.05) is 66.8 Å². The molecule has 0 saturated heterocycles. The number of nitrogens with one attached hydrogen (secondary N) is 3. The minimum atomic E-state index is -1.17. The van der Waals surface area contributed by atoms with E-state index in [-0.39, 0.29) is 6.42 Å². The van der Waals surface area contributed by atoms with Crippen LogP contribution in [0.25, 0.3) is 12.2 Å². The van der Waals surface area contributed by atoms with E-state index >= 15 is 0 Å². The first kappa shape index (κ1) is 20.7. The number of rotatable bonds is 5. The molecule has 6 N–H and O–H groups in total. The van der Waals surface area contributed by atoms with Gasteiger partial charge in [0, 0.05) is 22.8 Å². The summed E-state index contributed by atoms with van der Waals surface area (Å²) in [7, 11) is 0. The fraction of sp³-hybridized carbons (Fsp3) is 0.167. The first-order chi connectivity index (χ1) is 15.9. The number of aliphatic carboxylic acids is 1. The number of aliphatic imine (C=N–C) groups is 2. The number of carboxylic acids is 1. The minimum Gasteiger partial charge on any atom is -0.480 e. The van der Waals surface area contributed by atoms with Crippen molar-refractivity contribution >= 4 is 35.5 Å². The van der Waals surface area contributed by atoms with E-state index in [0.29, 0.717) is 12.1 Å². The third-order valence-corrected chi connectivity index (χ3v) is 5.55. The molecule has 4 aliphatic rings. The SMILES string of the molecule is NC(=O)C[C@H](NC12/C=C3/C=CC(=N3)/C=c3/cc/c([nH]3)=C/C3=NC(=C\C(=CC1)N2)/C=C3)C(=O)O. The number of primary amides is 1. The molecular weight excluding hydrogens is 420 g/mol. The monoisotopic (exact) mass is 442 g/mol. The van der Waals surface area contributed by atoms with Gasteiger partial charge in [0.25, 0.3) is 0 Å². The quantitative estimate of drug-likeness (QED) is 0.431. The van der Waals surface area contributed by atoms with Crippen LogP contribution in [-0.2, 0) is 9.59 Å². The van der Waals surface area contributed by atoms with Gasteiger partial charge in [0.05, 0.1) is 29.2 Å². The molecule has 0 aliphatic carbocycles. The number of aromatic nitrogens is 1. The van der Waals surface area contributed by atoms with Gasteiger partial charge >= 0.3 is 5.97 Å². The number of nitrogens with two attached hydrogens (primary N) is 1. The third-order valence-electron chi connectivity index (χ3n) is 5.55. The van der Waals surface area contributed by atoms with Gasteiger partial charge in [-0.2, -0.15) is 0 Å². The summed E-state index contributed by atoms with van der Waals surface area (Å²) >= 11 is 0. The minimum absolute atomic E-state index is 0.335. The highest BCUT2D eigenvalue weighted by Gasteiger charge is 2.37. The molecule has 5 rings (SSSR count). The van der Waals surface area contributed by atoms with Crippen molar-refractivity contribution < 1.29 is 14.7 Å². The Hall–Kier alpha value is -4.24. The zero-order valence-corrected chi connectivity index (χ0v) is 17.6. The molecule has 1 aromatic rings. The van der Waals surface area contributed by atoms with E-state index in [1.54, 1.807) is 0 Å². The number of carboxylic acid groups (broad SMARTS) is 1. The number of hydrogen-bond donors (Lipinski definition) is 5. The van der Waals surface area contributed by atoms with E-state index in [4.69, 9.17) is 5.73 Å². The van der Waals surface area contributed by atoms with E-state index in [2.05, 4.69) is 25.6 Å². The molecule has 0 fully saturated rings. The topological polar surface area (TPSA) is 145 Å². The molecule has 0 spiro atoms. The van der Waals surface area contributed by atoms with E-state index < -0.39 is 23.6 Å². The van der Waals surface area contributed by atoms with Crippen molar-refractivity contribution in [2.75, 3.05) is 0 Å². The molecule has 0 saturated carbocycles. The second-order valence-electron chi connectivity index (χ2n) is 8.20. The average molecular weight is 442 g/mol. The Bertz CT molecular complexity index is 1380. The van der Waals surface area contributed by atoms with Crippen LogP contribution in [0.4, 0.5) is 0 Å². The van der Waals surface area contributed by atoms with Gasteiger partial charge in [-0.3, -0.25) is 14.9 Å². The lowest BCUT2D eigenvalue weighted by Crippen LogP contribution is -2.58. The molecule has 166 valence electrons. The number of carbonyl (C=O) groups excluding carboxylic acids is 1. The Morgan fingerprint density at radius 1 is 1.06 bits per heavy atom. The maximum Gasteiger partial charge on any atom is 0.321 e. The molecule has 9 heteroatoms. The summed E-state index contributed by atoms with van der Waals surface area (Å²) in [5.41, 5.74) is 8.10. The highest BCUT2D eigenvalue weighted by molar-refractivity contribution is 6.20. The smallest absolute Gasteiger partial charge is 0.321 e. The number of amides is 1. The van der Waals surface area contributed by atoms with Gasteiger partial charge < -0.3 is 21.1 Å². The molecule has 1 amide bonds. The van der Waals surface area contributed by atoms with Crippen LogP contribution in [0.15, 0.2) is 81.7 Å². The number of nitrogens with zero attached hydrogens (tertiary/aromatic N) is 2. The van der Waals surface area contributed by atoms with Gasteiger partial charge in [-0.15, -0.1) is 0 Å². The molecule has 5 heterocycles. The molecule has 4 aliphatic heterocycles. The van der Waals surface area contributed by atoms with Crippen molar-refractivity contribution in [2.24, 2.45) is 15.7 Å². The number of aromatic amines is 1. The second kappa shape index (κ2) is 8.03. The first-order valence-electron chi connectivity index (χ1n) is 10.5. The molecule has 1 aromatic heterocycles. The Kier molecular flexibility index (Phi) is 5.02. The third kappa shape index (κ3) is 4.53. The predicted molar refractivity (Wildman–Crippen MR) is 125 cm³/mol. The van der Waals surface area contributed by atoms with Crippen molar-refractivity contribution in [3.05, 3.63) is 82.5 Å². The highest BCUT2D eigenvalue weighted by atomic mass is 16.4. The maximum absolute atomic E-state index is 11.8. The molecule has 33 heavy (non-hydrogen) atoms. The van der Waals surface area contributed by atoms with Crippen molar-refractivity contribution in [1.29, 1.82) is 0 Å². The van der Waals surface area contributed by atoms with Crippen LogP contribution in [0, 0.1) is 0 Å². The van der Waals surface area contributed by atoms with Crippen molar-refractivity contribution in [3.8, 4) is 0 Å². The van der Waals surface area contributed by atoms with Gasteiger partial charge in [0.15, 0.2) is 0 Å². The first-order valence-corrected chi connectivity index (χ1v) is 10.5. The fourth-order valence-corrected chi connectivity index (χ4v) is 4.11. The zero-order chi connectivity index (χ0) is 23.0. The molecule has 1 unspecified atom stereocenters. The van der Waals surface area contributed by atoms with Crippen LogP contribution in [0.3, 0.4) is 0 Å². The number of allylic oxidation sites excluding steroid dienone is 5. The molecule has 2 atom stereocenters. The largest absolute Gasteiger partial charge is 0.480 e. The lowest BCUT2D eigenvalue weighted by molar-refractivity contribution is -0.141. The Balaban J connectivity index is 1.59. The normalized spacial score (nSPS) is 28.5. The van der Waals surface area contributed by atoms with Gasteiger partial charge in [0.2, 0.25) is 5.91 Å². The lowest BCUT2D eigenvalue weighted by Gasteiger charge is -2.32. The van der Waals surface area contributed by atoms with Gasteiger partial charge in [-0.25, -0.2) is 9.98 Å². The van der Waals surface area contributed by atoms with Gasteiger partial charge in [0.1, 0.15) is 11.7 Å². The molecule has 0 aromatic carbocycles. The Morgan fingerprint density at radius 2 is 1.73 bits per heavy atom. The Morgan fingerprint density at radius 3 is 2.39 bits per heavy atom. The highest BCUT2D eigenvalue weighted by Crippen LogP contribution is 2.27.